The average Bonchev–Trinajstić information content (AvgIpc) is 2.47. The molecule has 0 spiro atoms. The van der Waals surface area contributed by atoms with Crippen molar-refractivity contribution in [2.24, 2.45) is 0 Å². The predicted octanol–water partition coefficient (Wildman–Crippen LogP) is 2.69. The zero-order valence-electron chi connectivity index (χ0n) is 13.0. The van der Waals surface area contributed by atoms with Crippen LogP contribution in [0.5, 0.6) is 0 Å². The highest BCUT2D eigenvalue weighted by Gasteiger charge is 2.27. The minimum absolute atomic E-state index is 0.0467. The highest BCUT2D eigenvalue weighted by Crippen LogP contribution is 2.29. The smallest absolute Gasteiger partial charge is 0.315 e. The second-order valence-electron chi connectivity index (χ2n) is 5.95. The number of carbonyl (C=O) groups excluding carboxylic acids is 1. The third-order valence-electron chi connectivity index (χ3n) is 3.98. The number of urea groups is 1. The topological polar surface area (TPSA) is 44.4 Å². The molecule has 1 aromatic rings. The third-order valence-corrected chi connectivity index (χ3v) is 3.98. The number of likely N-dealkylation sites (tertiary alicyclic amines) is 1. The van der Waals surface area contributed by atoms with E-state index in [1.54, 1.807) is 18.2 Å². The summed E-state index contributed by atoms with van der Waals surface area (Å²) < 4.78 is 27.0. The lowest BCUT2D eigenvalue weighted by molar-refractivity contribution is 0.0164. The van der Waals surface area contributed by atoms with Gasteiger partial charge in [0.05, 0.1) is 0 Å². The van der Waals surface area contributed by atoms with Crippen molar-refractivity contribution in [1.29, 1.82) is 0 Å². The maximum atomic E-state index is 13.5. The Morgan fingerprint density at radius 1 is 1.32 bits per heavy atom. The van der Waals surface area contributed by atoms with Crippen LogP contribution in [0.15, 0.2) is 24.3 Å². The summed E-state index contributed by atoms with van der Waals surface area (Å²) in [5.41, 5.74) is 0.392. The van der Waals surface area contributed by atoms with Crippen molar-refractivity contribution >= 4 is 6.03 Å². The molecule has 1 aliphatic heterocycles. The van der Waals surface area contributed by atoms with Gasteiger partial charge in [-0.2, -0.15) is 0 Å². The number of amides is 2. The molecular formula is C16H23F2N3O. The van der Waals surface area contributed by atoms with Crippen LogP contribution in [0.4, 0.5) is 13.6 Å². The summed E-state index contributed by atoms with van der Waals surface area (Å²) in [5, 5.41) is 5.58. The Kier molecular flexibility index (Phi) is 5.34. The Morgan fingerprint density at radius 3 is 2.59 bits per heavy atom. The lowest BCUT2D eigenvalue weighted by Crippen LogP contribution is -2.47. The van der Waals surface area contributed by atoms with Gasteiger partial charge in [0.25, 0.3) is 5.92 Å². The lowest BCUT2D eigenvalue weighted by Gasteiger charge is -2.29. The summed E-state index contributed by atoms with van der Waals surface area (Å²) in [6, 6.07) is 6.13. The van der Waals surface area contributed by atoms with E-state index in [2.05, 4.69) is 22.6 Å². The number of hydrogen-bond donors (Lipinski definition) is 2. The van der Waals surface area contributed by atoms with Gasteiger partial charge in [0.2, 0.25) is 0 Å². The third kappa shape index (κ3) is 4.66. The van der Waals surface area contributed by atoms with Crippen molar-refractivity contribution in [3.8, 4) is 0 Å². The highest BCUT2D eigenvalue weighted by atomic mass is 19.3. The van der Waals surface area contributed by atoms with Gasteiger partial charge in [0.1, 0.15) is 0 Å². The van der Waals surface area contributed by atoms with Gasteiger partial charge in [-0.3, -0.25) is 0 Å². The summed E-state index contributed by atoms with van der Waals surface area (Å²) in [7, 11) is 2.05. The van der Waals surface area contributed by atoms with Gasteiger partial charge in [-0.25, -0.2) is 13.6 Å². The first-order valence-electron chi connectivity index (χ1n) is 7.55. The molecule has 0 saturated carbocycles. The van der Waals surface area contributed by atoms with Crippen LogP contribution in [0.1, 0.15) is 30.9 Å². The van der Waals surface area contributed by atoms with E-state index in [0.717, 1.165) is 32.9 Å². The van der Waals surface area contributed by atoms with E-state index >= 15 is 0 Å². The van der Waals surface area contributed by atoms with Crippen molar-refractivity contribution in [2.75, 3.05) is 20.1 Å². The fourth-order valence-electron chi connectivity index (χ4n) is 2.67. The van der Waals surface area contributed by atoms with E-state index < -0.39 is 5.92 Å². The first-order chi connectivity index (χ1) is 10.4. The largest absolute Gasteiger partial charge is 0.335 e. The number of benzene rings is 1. The van der Waals surface area contributed by atoms with Crippen LogP contribution in [0, 0.1) is 0 Å². The lowest BCUT2D eigenvalue weighted by atomic mass is 10.0. The Morgan fingerprint density at radius 2 is 1.95 bits per heavy atom. The number of halogens is 2. The van der Waals surface area contributed by atoms with E-state index in [-0.39, 0.29) is 24.2 Å². The number of hydrogen-bond acceptors (Lipinski definition) is 2. The zero-order chi connectivity index (χ0) is 16.2. The molecule has 0 aromatic heterocycles. The molecule has 0 unspecified atom stereocenters. The summed E-state index contributed by atoms with van der Waals surface area (Å²) in [6.45, 7) is 2.87. The number of alkyl halides is 2. The van der Waals surface area contributed by atoms with Crippen molar-refractivity contribution in [3.05, 3.63) is 35.4 Å². The molecule has 1 fully saturated rings. The van der Waals surface area contributed by atoms with E-state index in [9.17, 15) is 13.6 Å². The summed E-state index contributed by atoms with van der Waals surface area (Å²) in [5.74, 6) is -2.91. The monoisotopic (exact) mass is 311 g/mol. The van der Waals surface area contributed by atoms with Crippen LogP contribution in [0.3, 0.4) is 0 Å². The van der Waals surface area contributed by atoms with Gasteiger partial charge in [0.15, 0.2) is 0 Å². The van der Waals surface area contributed by atoms with Crippen LogP contribution in [-0.2, 0) is 12.5 Å². The molecule has 122 valence electrons. The van der Waals surface area contributed by atoms with Crippen molar-refractivity contribution in [3.63, 3.8) is 0 Å². The zero-order valence-corrected chi connectivity index (χ0v) is 13.0. The average molecular weight is 311 g/mol. The highest BCUT2D eigenvalue weighted by molar-refractivity contribution is 5.74. The summed E-state index contributed by atoms with van der Waals surface area (Å²) >= 11 is 0. The Bertz CT molecular complexity index is 508. The molecule has 1 saturated heterocycles. The molecule has 0 atom stereocenters. The minimum Gasteiger partial charge on any atom is -0.335 e. The van der Waals surface area contributed by atoms with Crippen molar-refractivity contribution in [2.45, 2.75) is 38.3 Å². The number of piperidine rings is 1. The number of nitrogens with zero attached hydrogens (tertiary/aromatic N) is 1. The second kappa shape index (κ2) is 7.05. The minimum atomic E-state index is -2.91. The predicted molar refractivity (Wildman–Crippen MR) is 81.9 cm³/mol. The van der Waals surface area contributed by atoms with E-state index in [0.29, 0.717) is 5.56 Å². The Labute approximate surface area is 129 Å². The van der Waals surface area contributed by atoms with Crippen LogP contribution in [0.2, 0.25) is 0 Å². The molecule has 0 bridgehead atoms. The van der Waals surface area contributed by atoms with Gasteiger partial charge in [-0.1, -0.05) is 24.3 Å². The van der Waals surface area contributed by atoms with Gasteiger partial charge in [-0.15, -0.1) is 0 Å². The van der Waals surface area contributed by atoms with E-state index in [1.165, 1.54) is 6.07 Å². The Balaban J connectivity index is 1.87. The Hall–Kier alpha value is -1.69. The number of nitrogens with one attached hydrogen (secondary N) is 2. The van der Waals surface area contributed by atoms with E-state index in [1.807, 2.05) is 0 Å². The summed E-state index contributed by atoms with van der Waals surface area (Å²) in [4.78, 5) is 14.1. The van der Waals surface area contributed by atoms with Crippen LogP contribution >= 0.6 is 0 Å². The molecule has 2 rings (SSSR count). The van der Waals surface area contributed by atoms with Crippen molar-refractivity contribution in [1.82, 2.24) is 15.5 Å². The van der Waals surface area contributed by atoms with Crippen LogP contribution < -0.4 is 10.6 Å². The van der Waals surface area contributed by atoms with Crippen LogP contribution in [0.25, 0.3) is 0 Å². The van der Waals surface area contributed by atoms with Crippen LogP contribution in [-0.4, -0.2) is 37.1 Å². The van der Waals surface area contributed by atoms with Gasteiger partial charge in [0, 0.05) is 25.1 Å². The first kappa shape index (κ1) is 16.7. The van der Waals surface area contributed by atoms with E-state index in [4.69, 9.17) is 0 Å². The van der Waals surface area contributed by atoms with Crippen molar-refractivity contribution < 1.29 is 13.6 Å². The number of carbonyl (C=O) groups is 1. The molecule has 4 nitrogen and oxygen atoms in total. The van der Waals surface area contributed by atoms with Gasteiger partial charge in [-0.05, 0) is 38.5 Å². The molecule has 2 N–H and O–H groups in total. The maximum absolute atomic E-state index is 13.5. The standard InChI is InChI=1S/C16H23F2N3O/c1-16(17,18)14-6-4-3-5-12(14)11-19-15(22)20-13-7-9-21(2)10-8-13/h3-6,13H,7-11H2,1-2H3,(H2,19,20,22). The first-order valence-corrected chi connectivity index (χ1v) is 7.55. The summed E-state index contributed by atoms with van der Waals surface area (Å²) in [6.07, 6.45) is 1.82. The molecule has 22 heavy (non-hydrogen) atoms. The molecule has 1 heterocycles. The molecule has 1 aromatic carbocycles. The molecule has 2 amide bonds. The molecule has 0 aliphatic carbocycles. The molecule has 6 heteroatoms. The fourth-order valence-corrected chi connectivity index (χ4v) is 2.67. The second-order valence-corrected chi connectivity index (χ2v) is 5.95. The van der Waals surface area contributed by atoms with Gasteiger partial charge < -0.3 is 15.5 Å². The SMILES string of the molecule is CN1CCC(NC(=O)NCc2ccccc2C(C)(F)F)CC1. The number of rotatable bonds is 4. The normalized spacial score (nSPS) is 17.3. The van der Waals surface area contributed by atoms with Gasteiger partial charge >= 0.3 is 6.03 Å². The quantitative estimate of drug-likeness (QED) is 0.898. The fraction of sp³-hybridized carbons (Fsp3) is 0.562. The molecule has 1 aliphatic rings. The maximum Gasteiger partial charge on any atom is 0.315 e. The molecular weight excluding hydrogens is 288 g/mol. The molecule has 0 radical (unpaired) electrons.